The van der Waals surface area contributed by atoms with Crippen molar-refractivity contribution < 1.29 is 9.18 Å². The highest BCUT2D eigenvalue weighted by Crippen LogP contribution is 2.20. The van der Waals surface area contributed by atoms with E-state index in [-0.39, 0.29) is 17.8 Å². The van der Waals surface area contributed by atoms with Gasteiger partial charge in [-0.1, -0.05) is 22.9 Å². The molecule has 1 aromatic carbocycles. The number of halogens is 2. The van der Waals surface area contributed by atoms with Crippen LogP contribution in [0.25, 0.3) is 0 Å². The summed E-state index contributed by atoms with van der Waals surface area (Å²) < 4.78 is 14.0. The van der Waals surface area contributed by atoms with Gasteiger partial charge >= 0.3 is 0 Å². The molecule has 0 bridgehead atoms. The van der Waals surface area contributed by atoms with Gasteiger partial charge in [0.15, 0.2) is 0 Å². The lowest BCUT2D eigenvalue weighted by molar-refractivity contribution is -0.136. The molecule has 3 nitrogen and oxygen atoms in total. The quantitative estimate of drug-likeness (QED) is 0.928. The second kappa shape index (κ2) is 5.80. The van der Waals surface area contributed by atoms with E-state index in [1.807, 2.05) is 6.92 Å². The van der Waals surface area contributed by atoms with Crippen molar-refractivity contribution in [3.8, 4) is 0 Å². The van der Waals surface area contributed by atoms with E-state index in [0.717, 1.165) is 23.0 Å². The van der Waals surface area contributed by atoms with Gasteiger partial charge in [-0.05, 0) is 30.2 Å². The zero-order valence-electron chi connectivity index (χ0n) is 10.2. The minimum Gasteiger partial charge on any atom is -0.336 e. The molecule has 1 unspecified atom stereocenters. The molecular formula is C13H16BrFN2O. The van der Waals surface area contributed by atoms with Gasteiger partial charge in [0, 0.05) is 24.1 Å². The van der Waals surface area contributed by atoms with Crippen molar-refractivity contribution in [1.82, 2.24) is 10.2 Å². The van der Waals surface area contributed by atoms with Crippen molar-refractivity contribution in [2.24, 2.45) is 0 Å². The zero-order chi connectivity index (χ0) is 13.1. The highest BCUT2D eigenvalue weighted by molar-refractivity contribution is 9.10. The smallest absolute Gasteiger partial charge is 0.240 e. The molecule has 2 rings (SSSR count). The molecule has 98 valence electrons. The van der Waals surface area contributed by atoms with E-state index in [2.05, 4.69) is 21.2 Å². The molecule has 0 radical (unpaired) electrons. The minimum atomic E-state index is -0.275. The summed E-state index contributed by atoms with van der Waals surface area (Å²) in [6.07, 6.45) is 0.777. The Balaban J connectivity index is 2.13. The number of carbonyl (C=O) groups is 1. The first-order valence-corrected chi connectivity index (χ1v) is 6.87. The van der Waals surface area contributed by atoms with Crippen molar-refractivity contribution in [1.29, 1.82) is 0 Å². The molecule has 1 atom stereocenters. The van der Waals surface area contributed by atoms with Crippen LogP contribution in [0.5, 0.6) is 0 Å². The maximum absolute atomic E-state index is 13.2. The third-order valence-electron chi connectivity index (χ3n) is 3.16. The first-order valence-electron chi connectivity index (χ1n) is 6.08. The number of carbonyl (C=O) groups excluding carboxylic acids is 1. The number of piperazine rings is 1. The largest absolute Gasteiger partial charge is 0.336 e. The lowest BCUT2D eigenvalue weighted by Crippen LogP contribution is -2.54. The molecule has 1 aliphatic rings. The van der Waals surface area contributed by atoms with Crippen LogP contribution in [0.4, 0.5) is 4.39 Å². The first kappa shape index (κ1) is 13.5. The van der Waals surface area contributed by atoms with Crippen LogP contribution in [-0.2, 0) is 11.3 Å². The van der Waals surface area contributed by atoms with Gasteiger partial charge < -0.3 is 10.2 Å². The molecule has 1 heterocycles. The monoisotopic (exact) mass is 314 g/mol. The van der Waals surface area contributed by atoms with Crippen molar-refractivity contribution in [3.05, 3.63) is 34.1 Å². The summed E-state index contributed by atoms with van der Waals surface area (Å²) in [5, 5.41) is 3.18. The molecule has 0 saturated carbocycles. The van der Waals surface area contributed by atoms with Gasteiger partial charge in [0.05, 0.1) is 6.04 Å². The van der Waals surface area contributed by atoms with Crippen molar-refractivity contribution in [2.45, 2.75) is 25.9 Å². The number of amides is 1. The third-order valence-corrected chi connectivity index (χ3v) is 3.93. The van der Waals surface area contributed by atoms with Crippen molar-refractivity contribution >= 4 is 21.8 Å². The Morgan fingerprint density at radius 2 is 2.33 bits per heavy atom. The van der Waals surface area contributed by atoms with Crippen LogP contribution in [0.15, 0.2) is 22.7 Å². The van der Waals surface area contributed by atoms with E-state index in [1.54, 1.807) is 11.0 Å². The Labute approximate surface area is 114 Å². The molecule has 1 saturated heterocycles. The topological polar surface area (TPSA) is 32.3 Å². The summed E-state index contributed by atoms with van der Waals surface area (Å²) in [6, 6.07) is 4.45. The van der Waals surface area contributed by atoms with Gasteiger partial charge in [-0.15, -0.1) is 0 Å². The van der Waals surface area contributed by atoms with Crippen LogP contribution in [0, 0.1) is 5.82 Å². The number of benzene rings is 1. The van der Waals surface area contributed by atoms with Crippen molar-refractivity contribution in [3.63, 3.8) is 0 Å². The Morgan fingerprint density at radius 1 is 1.56 bits per heavy atom. The Bertz CT molecular complexity index is 453. The number of rotatable bonds is 3. The maximum atomic E-state index is 13.2. The number of hydrogen-bond acceptors (Lipinski definition) is 2. The van der Waals surface area contributed by atoms with E-state index in [1.165, 1.54) is 12.1 Å². The number of nitrogens with one attached hydrogen (secondary N) is 1. The highest BCUT2D eigenvalue weighted by Gasteiger charge is 2.27. The average Bonchev–Trinajstić information content (AvgIpc) is 2.36. The normalized spacial score (nSPS) is 20.3. The number of nitrogens with zero attached hydrogens (tertiary/aromatic N) is 1. The molecule has 1 amide bonds. The van der Waals surface area contributed by atoms with Crippen LogP contribution in [0.2, 0.25) is 0 Å². The SMILES string of the molecule is CCC1NCCN(Cc2cc(F)ccc2Br)C1=O. The Kier molecular flexibility index (Phi) is 4.35. The predicted molar refractivity (Wildman–Crippen MR) is 71.6 cm³/mol. The predicted octanol–water partition coefficient (Wildman–Crippen LogP) is 2.30. The Hall–Kier alpha value is -0.940. The molecule has 1 aliphatic heterocycles. The highest BCUT2D eigenvalue weighted by atomic mass is 79.9. The second-order valence-electron chi connectivity index (χ2n) is 4.41. The standard InChI is InChI=1S/C13H16BrFN2O/c1-2-12-13(18)17(6-5-16-12)8-9-7-10(15)3-4-11(9)14/h3-4,7,12,16H,2,5-6,8H2,1H3. The van der Waals surface area contributed by atoms with Crippen LogP contribution in [0.3, 0.4) is 0 Å². The fourth-order valence-corrected chi connectivity index (χ4v) is 2.51. The Morgan fingerprint density at radius 3 is 3.06 bits per heavy atom. The molecular weight excluding hydrogens is 299 g/mol. The molecule has 0 aromatic heterocycles. The lowest BCUT2D eigenvalue weighted by atomic mass is 10.1. The van der Waals surface area contributed by atoms with Crippen LogP contribution >= 0.6 is 15.9 Å². The van der Waals surface area contributed by atoms with Gasteiger partial charge in [0.2, 0.25) is 5.91 Å². The van der Waals surface area contributed by atoms with Gasteiger partial charge in [0.25, 0.3) is 0 Å². The van der Waals surface area contributed by atoms with Gasteiger partial charge in [-0.25, -0.2) is 4.39 Å². The van der Waals surface area contributed by atoms with Crippen LogP contribution in [-0.4, -0.2) is 29.9 Å². The molecule has 1 fully saturated rings. The van der Waals surface area contributed by atoms with E-state index < -0.39 is 0 Å². The van der Waals surface area contributed by atoms with E-state index in [0.29, 0.717) is 13.1 Å². The van der Waals surface area contributed by atoms with E-state index in [9.17, 15) is 9.18 Å². The summed E-state index contributed by atoms with van der Waals surface area (Å²) in [4.78, 5) is 13.9. The fourth-order valence-electron chi connectivity index (χ4n) is 2.14. The minimum absolute atomic E-state index is 0.0971. The first-order chi connectivity index (χ1) is 8.61. The molecule has 0 aliphatic carbocycles. The number of hydrogen-bond donors (Lipinski definition) is 1. The van der Waals surface area contributed by atoms with E-state index >= 15 is 0 Å². The summed E-state index contributed by atoms with van der Waals surface area (Å²) in [6.45, 7) is 3.89. The van der Waals surface area contributed by atoms with Crippen LogP contribution < -0.4 is 5.32 Å². The summed E-state index contributed by atoms with van der Waals surface area (Å²) in [7, 11) is 0. The van der Waals surface area contributed by atoms with Gasteiger partial charge in [0.1, 0.15) is 5.82 Å². The zero-order valence-corrected chi connectivity index (χ0v) is 11.8. The average molecular weight is 315 g/mol. The molecule has 0 spiro atoms. The third kappa shape index (κ3) is 2.90. The maximum Gasteiger partial charge on any atom is 0.240 e. The summed E-state index contributed by atoms with van der Waals surface area (Å²) in [5.41, 5.74) is 0.806. The second-order valence-corrected chi connectivity index (χ2v) is 5.26. The molecule has 5 heteroatoms. The van der Waals surface area contributed by atoms with Gasteiger partial charge in [-0.2, -0.15) is 0 Å². The summed E-state index contributed by atoms with van der Waals surface area (Å²) in [5.74, 6) is -0.178. The van der Waals surface area contributed by atoms with Gasteiger partial charge in [-0.3, -0.25) is 4.79 Å². The summed E-state index contributed by atoms with van der Waals surface area (Å²) >= 11 is 3.39. The molecule has 1 aromatic rings. The van der Waals surface area contributed by atoms with Crippen LogP contribution in [0.1, 0.15) is 18.9 Å². The van der Waals surface area contributed by atoms with E-state index in [4.69, 9.17) is 0 Å². The molecule has 18 heavy (non-hydrogen) atoms. The lowest BCUT2D eigenvalue weighted by Gasteiger charge is -2.33. The van der Waals surface area contributed by atoms with Crippen molar-refractivity contribution in [2.75, 3.05) is 13.1 Å². The molecule has 1 N–H and O–H groups in total. The fraction of sp³-hybridized carbons (Fsp3) is 0.462.